The molecule has 0 fully saturated rings. The fraction of sp³-hybridized carbons (Fsp3) is 0.273. The van der Waals surface area contributed by atoms with Crippen LogP contribution in [0.15, 0.2) is 18.3 Å². The predicted octanol–water partition coefficient (Wildman–Crippen LogP) is 1.44. The Bertz CT molecular complexity index is 537. The lowest BCUT2D eigenvalue weighted by Gasteiger charge is -2.19. The first-order valence-electron chi connectivity index (χ1n) is 5.09. The molecule has 0 atom stereocenters. The van der Waals surface area contributed by atoms with Gasteiger partial charge in [0.1, 0.15) is 17.8 Å². The summed E-state index contributed by atoms with van der Waals surface area (Å²) in [4.78, 5) is 8.67. The summed E-state index contributed by atoms with van der Waals surface area (Å²) in [6, 6.07) is 3.68. The molecule has 5 nitrogen and oxygen atoms in total. The highest BCUT2D eigenvalue weighted by Crippen LogP contribution is 2.33. The lowest BCUT2D eigenvalue weighted by molar-refractivity contribution is 0.322. The van der Waals surface area contributed by atoms with E-state index in [2.05, 4.69) is 15.3 Å². The van der Waals surface area contributed by atoms with Gasteiger partial charge in [0.2, 0.25) is 5.88 Å². The van der Waals surface area contributed by atoms with Gasteiger partial charge in [-0.2, -0.15) is 0 Å². The Morgan fingerprint density at radius 1 is 1.44 bits per heavy atom. The van der Waals surface area contributed by atoms with Crippen LogP contribution in [0.1, 0.15) is 0 Å². The van der Waals surface area contributed by atoms with Crippen molar-refractivity contribution in [3.8, 4) is 11.6 Å². The SMILES string of the molecule is COc1ccc2ncc3c(c2n1)NCCO3. The molecule has 0 radical (unpaired) electrons. The van der Waals surface area contributed by atoms with Crippen LogP contribution >= 0.6 is 0 Å². The van der Waals surface area contributed by atoms with Gasteiger partial charge in [-0.1, -0.05) is 0 Å². The zero-order valence-corrected chi connectivity index (χ0v) is 8.86. The van der Waals surface area contributed by atoms with Crippen LogP contribution in [-0.2, 0) is 0 Å². The number of pyridine rings is 2. The zero-order chi connectivity index (χ0) is 11.0. The quantitative estimate of drug-likeness (QED) is 0.783. The van der Waals surface area contributed by atoms with E-state index >= 15 is 0 Å². The summed E-state index contributed by atoms with van der Waals surface area (Å²) >= 11 is 0. The summed E-state index contributed by atoms with van der Waals surface area (Å²) in [6.45, 7) is 1.44. The molecule has 0 saturated heterocycles. The molecule has 0 aliphatic carbocycles. The molecule has 0 amide bonds. The van der Waals surface area contributed by atoms with Gasteiger partial charge in [0.15, 0.2) is 5.75 Å². The molecule has 2 aromatic heterocycles. The number of ether oxygens (including phenoxy) is 2. The molecule has 1 N–H and O–H groups in total. The van der Waals surface area contributed by atoms with Gasteiger partial charge in [0.05, 0.1) is 18.8 Å². The molecule has 0 saturated carbocycles. The third-order valence-electron chi connectivity index (χ3n) is 2.52. The Kier molecular flexibility index (Phi) is 2.02. The van der Waals surface area contributed by atoms with E-state index in [1.165, 1.54) is 0 Å². The molecular weight excluding hydrogens is 206 g/mol. The number of fused-ring (bicyclic) bond motifs is 3. The van der Waals surface area contributed by atoms with Crippen molar-refractivity contribution in [3.05, 3.63) is 18.3 Å². The van der Waals surface area contributed by atoms with E-state index in [-0.39, 0.29) is 0 Å². The summed E-state index contributed by atoms with van der Waals surface area (Å²) in [7, 11) is 1.60. The van der Waals surface area contributed by atoms with E-state index in [0.29, 0.717) is 12.5 Å². The van der Waals surface area contributed by atoms with E-state index in [9.17, 15) is 0 Å². The fourth-order valence-corrected chi connectivity index (χ4v) is 1.76. The number of hydrogen-bond donors (Lipinski definition) is 1. The van der Waals surface area contributed by atoms with Crippen molar-refractivity contribution in [1.29, 1.82) is 0 Å². The van der Waals surface area contributed by atoms with Crippen LogP contribution in [0.5, 0.6) is 11.6 Å². The maximum Gasteiger partial charge on any atom is 0.213 e. The predicted molar refractivity (Wildman–Crippen MR) is 60.1 cm³/mol. The number of nitrogens with one attached hydrogen (secondary N) is 1. The molecule has 1 aliphatic heterocycles. The highest BCUT2D eigenvalue weighted by atomic mass is 16.5. The number of aromatic nitrogens is 2. The van der Waals surface area contributed by atoms with Gasteiger partial charge in [0.25, 0.3) is 0 Å². The lowest BCUT2D eigenvalue weighted by atomic mass is 10.2. The van der Waals surface area contributed by atoms with Crippen LogP contribution in [0, 0.1) is 0 Å². The molecule has 3 heterocycles. The summed E-state index contributed by atoms with van der Waals surface area (Å²) < 4.78 is 10.6. The normalized spacial score (nSPS) is 13.8. The summed E-state index contributed by atoms with van der Waals surface area (Å²) in [5.74, 6) is 1.33. The average Bonchev–Trinajstić information content (AvgIpc) is 2.38. The second kappa shape index (κ2) is 3.52. The smallest absolute Gasteiger partial charge is 0.213 e. The Hall–Kier alpha value is -2.04. The second-order valence-corrected chi connectivity index (χ2v) is 3.49. The molecular formula is C11H11N3O2. The van der Waals surface area contributed by atoms with Crippen molar-refractivity contribution in [1.82, 2.24) is 9.97 Å². The van der Waals surface area contributed by atoms with Crippen molar-refractivity contribution in [2.75, 3.05) is 25.6 Å². The number of rotatable bonds is 1. The van der Waals surface area contributed by atoms with Gasteiger partial charge in [-0.15, -0.1) is 0 Å². The second-order valence-electron chi connectivity index (χ2n) is 3.49. The van der Waals surface area contributed by atoms with Gasteiger partial charge in [-0.25, -0.2) is 4.98 Å². The Labute approximate surface area is 92.4 Å². The molecule has 0 aromatic carbocycles. The molecule has 0 bridgehead atoms. The molecule has 16 heavy (non-hydrogen) atoms. The number of nitrogens with zero attached hydrogens (tertiary/aromatic N) is 2. The largest absolute Gasteiger partial charge is 0.488 e. The Morgan fingerprint density at radius 2 is 2.38 bits per heavy atom. The molecule has 0 unspecified atom stereocenters. The zero-order valence-electron chi connectivity index (χ0n) is 8.86. The minimum atomic E-state index is 0.579. The summed E-state index contributed by atoms with van der Waals surface area (Å²) in [5.41, 5.74) is 2.52. The van der Waals surface area contributed by atoms with E-state index in [1.54, 1.807) is 19.4 Å². The average molecular weight is 217 g/mol. The number of methoxy groups -OCH3 is 1. The van der Waals surface area contributed by atoms with Crippen LogP contribution in [0.3, 0.4) is 0 Å². The van der Waals surface area contributed by atoms with Crippen LogP contribution in [0.25, 0.3) is 11.0 Å². The lowest BCUT2D eigenvalue weighted by Crippen LogP contribution is -2.18. The van der Waals surface area contributed by atoms with E-state index in [4.69, 9.17) is 9.47 Å². The maximum absolute atomic E-state index is 5.50. The number of anilines is 1. The van der Waals surface area contributed by atoms with E-state index < -0.39 is 0 Å². The molecule has 3 rings (SSSR count). The fourth-order valence-electron chi connectivity index (χ4n) is 1.76. The first-order chi connectivity index (χ1) is 7.88. The molecule has 2 aromatic rings. The minimum Gasteiger partial charge on any atom is -0.488 e. The van der Waals surface area contributed by atoms with Crippen LogP contribution in [0.4, 0.5) is 5.69 Å². The van der Waals surface area contributed by atoms with Gasteiger partial charge < -0.3 is 14.8 Å². The summed E-state index contributed by atoms with van der Waals surface area (Å²) in [5, 5.41) is 3.27. The van der Waals surface area contributed by atoms with Gasteiger partial charge in [-0.05, 0) is 6.07 Å². The first kappa shape index (κ1) is 9.21. The van der Waals surface area contributed by atoms with Gasteiger partial charge in [-0.3, -0.25) is 4.98 Å². The molecule has 1 aliphatic rings. The standard InChI is InChI=1S/C11H11N3O2/c1-15-9-3-2-7-10(14-9)11-8(6-13-7)16-5-4-12-11/h2-3,6,12H,4-5H2,1H3. The summed E-state index contributed by atoms with van der Waals surface area (Å²) in [6.07, 6.45) is 1.72. The highest BCUT2D eigenvalue weighted by molar-refractivity contribution is 5.91. The van der Waals surface area contributed by atoms with Crippen molar-refractivity contribution in [3.63, 3.8) is 0 Å². The van der Waals surface area contributed by atoms with Crippen molar-refractivity contribution in [2.24, 2.45) is 0 Å². The van der Waals surface area contributed by atoms with Crippen molar-refractivity contribution in [2.45, 2.75) is 0 Å². The maximum atomic E-state index is 5.50. The number of hydrogen-bond acceptors (Lipinski definition) is 5. The molecule has 5 heteroatoms. The highest BCUT2D eigenvalue weighted by Gasteiger charge is 2.15. The molecule has 0 spiro atoms. The van der Waals surface area contributed by atoms with Crippen molar-refractivity contribution < 1.29 is 9.47 Å². The Morgan fingerprint density at radius 3 is 3.25 bits per heavy atom. The third kappa shape index (κ3) is 1.32. The third-order valence-corrected chi connectivity index (χ3v) is 2.52. The van der Waals surface area contributed by atoms with Crippen LogP contribution < -0.4 is 14.8 Å². The first-order valence-corrected chi connectivity index (χ1v) is 5.09. The van der Waals surface area contributed by atoms with E-state index in [0.717, 1.165) is 29.0 Å². The topological polar surface area (TPSA) is 56.3 Å². The van der Waals surface area contributed by atoms with Crippen molar-refractivity contribution >= 4 is 16.7 Å². The van der Waals surface area contributed by atoms with Gasteiger partial charge >= 0.3 is 0 Å². The van der Waals surface area contributed by atoms with Gasteiger partial charge in [0, 0.05) is 12.6 Å². The van der Waals surface area contributed by atoms with Crippen LogP contribution in [-0.4, -0.2) is 30.2 Å². The minimum absolute atomic E-state index is 0.579. The monoisotopic (exact) mass is 217 g/mol. The Balaban J connectivity index is 2.27. The molecule has 82 valence electrons. The van der Waals surface area contributed by atoms with E-state index in [1.807, 2.05) is 6.07 Å². The van der Waals surface area contributed by atoms with Crippen LogP contribution in [0.2, 0.25) is 0 Å².